The summed E-state index contributed by atoms with van der Waals surface area (Å²) in [5.41, 5.74) is 5.25. The number of anilines is 1. The van der Waals surface area contributed by atoms with Crippen LogP contribution in [0.4, 0.5) is 5.69 Å². The maximum Gasteiger partial charge on any atom is 0.296 e. The molecule has 0 saturated heterocycles. The lowest BCUT2D eigenvalue weighted by Crippen LogP contribution is -2.02. The topological polar surface area (TPSA) is 80.4 Å². The average Bonchev–Trinajstić information content (AvgIpc) is 1.92. The van der Waals surface area contributed by atoms with Crippen LogP contribution in [0.25, 0.3) is 0 Å². The van der Waals surface area contributed by atoms with E-state index in [1.807, 2.05) is 0 Å². The Labute approximate surface area is 86.9 Å². The van der Waals surface area contributed by atoms with Gasteiger partial charge in [0.25, 0.3) is 10.1 Å². The molecule has 0 fully saturated rings. The van der Waals surface area contributed by atoms with Gasteiger partial charge in [0.2, 0.25) is 0 Å². The lowest BCUT2D eigenvalue weighted by Gasteiger charge is -2.01. The summed E-state index contributed by atoms with van der Waals surface area (Å²) in [5.74, 6) is 0. The van der Waals surface area contributed by atoms with Crippen molar-refractivity contribution in [2.75, 3.05) is 5.73 Å². The number of hydrogen-bond donors (Lipinski definition) is 2. The van der Waals surface area contributed by atoms with Gasteiger partial charge < -0.3 is 5.73 Å². The van der Waals surface area contributed by atoms with Crippen molar-refractivity contribution in [3.05, 3.63) is 23.2 Å². The van der Waals surface area contributed by atoms with Crippen LogP contribution < -0.4 is 5.73 Å². The summed E-state index contributed by atoms with van der Waals surface area (Å²) in [6.45, 7) is 0. The fourth-order valence-corrected chi connectivity index (χ4v) is 1.61. The SMILES string of the molecule is Cl.Nc1ccc(Cl)cc1S(=O)(=O)O. The first-order valence-corrected chi connectivity index (χ1v) is 4.75. The van der Waals surface area contributed by atoms with Gasteiger partial charge in [0.1, 0.15) is 4.90 Å². The standard InChI is InChI=1S/C6H6ClNO3S.ClH/c7-4-1-2-5(8)6(3-4)12(9,10)11;/h1-3H,8H2,(H,9,10,11);1H. The highest BCUT2D eigenvalue weighted by Crippen LogP contribution is 2.21. The predicted molar refractivity (Wildman–Crippen MR) is 52.9 cm³/mol. The van der Waals surface area contributed by atoms with Crippen LogP contribution >= 0.6 is 24.0 Å². The molecule has 0 heterocycles. The molecule has 0 atom stereocenters. The second-order valence-electron chi connectivity index (χ2n) is 2.16. The van der Waals surface area contributed by atoms with Crippen LogP contribution in [-0.2, 0) is 10.1 Å². The van der Waals surface area contributed by atoms with Crippen LogP contribution in [0.5, 0.6) is 0 Å². The Morgan fingerprint density at radius 3 is 2.31 bits per heavy atom. The van der Waals surface area contributed by atoms with Crippen molar-refractivity contribution < 1.29 is 13.0 Å². The van der Waals surface area contributed by atoms with E-state index in [-0.39, 0.29) is 28.0 Å². The zero-order valence-electron chi connectivity index (χ0n) is 6.27. The third-order valence-corrected chi connectivity index (χ3v) is 2.40. The Bertz CT molecular complexity index is 404. The molecule has 74 valence electrons. The molecule has 13 heavy (non-hydrogen) atoms. The molecule has 1 aromatic carbocycles. The summed E-state index contributed by atoms with van der Waals surface area (Å²) < 4.78 is 29.9. The Hall–Kier alpha value is -0.490. The third-order valence-electron chi connectivity index (χ3n) is 1.25. The van der Waals surface area contributed by atoms with Crippen molar-refractivity contribution in [3.63, 3.8) is 0 Å². The smallest absolute Gasteiger partial charge is 0.296 e. The minimum Gasteiger partial charge on any atom is -0.398 e. The molecule has 0 amide bonds. The molecule has 0 saturated carbocycles. The first-order chi connectivity index (χ1) is 5.41. The zero-order chi connectivity index (χ0) is 9.35. The molecule has 0 spiro atoms. The Balaban J connectivity index is 0.00000144. The van der Waals surface area contributed by atoms with Crippen LogP contribution in [0.15, 0.2) is 23.1 Å². The normalized spacial score (nSPS) is 10.6. The molecule has 0 aliphatic carbocycles. The van der Waals surface area contributed by atoms with Gasteiger partial charge >= 0.3 is 0 Å². The largest absolute Gasteiger partial charge is 0.398 e. The number of nitrogen functional groups attached to an aromatic ring is 1. The van der Waals surface area contributed by atoms with Crippen molar-refractivity contribution >= 4 is 39.8 Å². The number of rotatable bonds is 1. The number of nitrogens with two attached hydrogens (primary N) is 1. The Morgan fingerprint density at radius 1 is 1.38 bits per heavy atom. The zero-order valence-corrected chi connectivity index (χ0v) is 8.66. The fourth-order valence-electron chi connectivity index (χ4n) is 0.732. The average molecular weight is 244 g/mol. The van der Waals surface area contributed by atoms with E-state index in [1.165, 1.54) is 12.1 Å². The number of benzene rings is 1. The van der Waals surface area contributed by atoms with E-state index in [0.29, 0.717) is 0 Å². The highest BCUT2D eigenvalue weighted by molar-refractivity contribution is 7.86. The van der Waals surface area contributed by atoms with E-state index in [1.54, 1.807) is 0 Å². The molecule has 0 aliphatic heterocycles. The summed E-state index contributed by atoms with van der Waals surface area (Å²) >= 11 is 5.49. The van der Waals surface area contributed by atoms with Crippen LogP contribution in [-0.4, -0.2) is 13.0 Å². The first-order valence-electron chi connectivity index (χ1n) is 2.94. The summed E-state index contributed by atoms with van der Waals surface area (Å²) in [6.07, 6.45) is 0. The van der Waals surface area contributed by atoms with Gasteiger partial charge in [0, 0.05) is 5.02 Å². The third kappa shape index (κ3) is 3.04. The summed E-state index contributed by atoms with van der Waals surface area (Å²) in [4.78, 5) is -0.366. The van der Waals surface area contributed by atoms with Crippen molar-refractivity contribution in [1.82, 2.24) is 0 Å². The van der Waals surface area contributed by atoms with Gasteiger partial charge in [-0.05, 0) is 18.2 Å². The van der Waals surface area contributed by atoms with Crippen LogP contribution in [0.3, 0.4) is 0 Å². The molecule has 0 unspecified atom stereocenters. The molecule has 0 radical (unpaired) electrons. The Morgan fingerprint density at radius 2 is 1.92 bits per heavy atom. The van der Waals surface area contributed by atoms with E-state index in [2.05, 4.69) is 0 Å². The van der Waals surface area contributed by atoms with Crippen LogP contribution in [0.2, 0.25) is 5.02 Å². The van der Waals surface area contributed by atoms with Crippen molar-refractivity contribution in [3.8, 4) is 0 Å². The minimum atomic E-state index is -4.27. The first kappa shape index (κ1) is 12.5. The number of hydrogen-bond acceptors (Lipinski definition) is 3. The molecule has 4 nitrogen and oxygen atoms in total. The van der Waals surface area contributed by atoms with E-state index in [9.17, 15) is 8.42 Å². The molecule has 1 aromatic rings. The quantitative estimate of drug-likeness (QED) is 0.580. The molecule has 0 aromatic heterocycles. The monoisotopic (exact) mass is 243 g/mol. The molecule has 0 aliphatic rings. The van der Waals surface area contributed by atoms with Gasteiger partial charge in [-0.1, -0.05) is 11.6 Å². The second kappa shape index (κ2) is 4.15. The fraction of sp³-hybridized carbons (Fsp3) is 0. The van der Waals surface area contributed by atoms with Gasteiger partial charge in [0.05, 0.1) is 5.69 Å². The van der Waals surface area contributed by atoms with Gasteiger partial charge in [-0.2, -0.15) is 8.42 Å². The van der Waals surface area contributed by atoms with E-state index < -0.39 is 10.1 Å². The maximum absolute atomic E-state index is 10.6. The van der Waals surface area contributed by atoms with Crippen LogP contribution in [0, 0.1) is 0 Å². The molecular weight excluding hydrogens is 237 g/mol. The van der Waals surface area contributed by atoms with Crippen molar-refractivity contribution in [1.29, 1.82) is 0 Å². The molecule has 3 N–H and O–H groups in total. The highest BCUT2D eigenvalue weighted by Gasteiger charge is 2.13. The lowest BCUT2D eigenvalue weighted by molar-refractivity contribution is 0.483. The molecule has 7 heteroatoms. The van der Waals surface area contributed by atoms with E-state index >= 15 is 0 Å². The van der Waals surface area contributed by atoms with Gasteiger partial charge in [-0.3, -0.25) is 4.55 Å². The van der Waals surface area contributed by atoms with Crippen LogP contribution in [0.1, 0.15) is 0 Å². The summed E-state index contributed by atoms with van der Waals surface area (Å²) in [6, 6.07) is 3.84. The maximum atomic E-state index is 10.6. The molecule has 0 bridgehead atoms. The van der Waals surface area contributed by atoms with Gasteiger partial charge in [-0.25, -0.2) is 0 Å². The highest BCUT2D eigenvalue weighted by atomic mass is 35.5. The second-order valence-corrected chi connectivity index (χ2v) is 3.98. The Kier molecular flexibility index (Phi) is 3.99. The van der Waals surface area contributed by atoms with E-state index in [0.717, 1.165) is 6.07 Å². The lowest BCUT2D eigenvalue weighted by atomic mass is 10.3. The van der Waals surface area contributed by atoms with Gasteiger partial charge in [-0.15, -0.1) is 12.4 Å². The summed E-state index contributed by atoms with van der Waals surface area (Å²) in [7, 11) is -4.27. The predicted octanol–water partition coefficient (Wildman–Crippen LogP) is 1.59. The van der Waals surface area contributed by atoms with Crippen molar-refractivity contribution in [2.24, 2.45) is 0 Å². The van der Waals surface area contributed by atoms with Gasteiger partial charge in [0.15, 0.2) is 0 Å². The molecule has 1 rings (SSSR count). The summed E-state index contributed by atoms with van der Waals surface area (Å²) in [5, 5.41) is 0.205. The van der Waals surface area contributed by atoms with E-state index in [4.69, 9.17) is 21.9 Å². The van der Waals surface area contributed by atoms with Crippen molar-refractivity contribution in [2.45, 2.75) is 4.90 Å². The molecular formula is C6H7Cl2NO3S. The number of halogens is 2. The minimum absolute atomic E-state index is 0.